The van der Waals surface area contributed by atoms with E-state index < -0.39 is 10.0 Å². The predicted molar refractivity (Wildman–Crippen MR) is 155 cm³/mol. The summed E-state index contributed by atoms with van der Waals surface area (Å²) in [5, 5.41) is 5.79. The smallest absolute Gasteiger partial charge is 0.243 e. The molecule has 0 aliphatic carbocycles. The number of rotatable bonds is 9. The van der Waals surface area contributed by atoms with Crippen LogP contribution in [0.3, 0.4) is 0 Å². The topological polar surface area (TPSA) is 81.8 Å². The second kappa shape index (κ2) is 13.1. The van der Waals surface area contributed by atoms with E-state index in [4.69, 9.17) is 12.2 Å². The Morgan fingerprint density at radius 3 is 1.95 bits per heavy atom. The lowest BCUT2D eigenvalue weighted by atomic mass is 9.96. The highest BCUT2D eigenvalue weighted by molar-refractivity contribution is 7.89. The van der Waals surface area contributed by atoms with E-state index in [0.717, 1.165) is 12.8 Å². The van der Waals surface area contributed by atoms with Gasteiger partial charge in [-0.05, 0) is 54.0 Å². The summed E-state index contributed by atoms with van der Waals surface area (Å²) in [7, 11) is -3.64. The molecule has 1 aliphatic rings. The fraction of sp³-hybridized carbons (Fsp3) is 0.310. The van der Waals surface area contributed by atoms with Crippen molar-refractivity contribution in [3.63, 3.8) is 0 Å². The zero-order valence-corrected chi connectivity index (χ0v) is 23.2. The van der Waals surface area contributed by atoms with Crippen LogP contribution >= 0.6 is 12.2 Å². The molecule has 2 N–H and O–H groups in total. The van der Waals surface area contributed by atoms with Crippen LogP contribution in [0.1, 0.15) is 43.4 Å². The van der Waals surface area contributed by atoms with Crippen LogP contribution in [0.5, 0.6) is 0 Å². The summed E-state index contributed by atoms with van der Waals surface area (Å²) in [6.45, 7) is 4.09. The van der Waals surface area contributed by atoms with Crippen molar-refractivity contribution in [1.82, 2.24) is 14.5 Å². The predicted octanol–water partition coefficient (Wildman–Crippen LogP) is 4.79. The Labute approximate surface area is 230 Å². The number of unbranched alkanes of at least 4 members (excludes halogenated alkanes) is 1. The Balaban J connectivity index is 1.39. The van der Waals surface area contributed by atoms with Gasteiger partial charge in [-0.25, -0.2) is 8.42 Å². The first kappa shape index (κ1) is 27.9. The van der Waals surface area contributed by atoms with Crippen LogP contribution < -0.4 is 10.6 Å². The Morgan fingerprint density at radius 2 is 1.42 bits per heavy atom. The molecule has 38 heavy (non-hydrogen) atoms. The number of nitrogens with one attached hydrogen (secondary N) is 2. The van der Waals surface area contributed by atoms with E-state index in [1.807, 2.05) is 43.3 Å². The zero-order valence-electron chi connectivity index (χ0n) is 21.5. The van der Waals surface area contributed by atoms with E-state index in [9.17, 15) is 13.2 Å². The first-order valence-electron chi connectivity index (χ1n) is 12.9. The molecule has 1 saturated heterocycles. The van der Waals surface area contributed by atoms with Crippen molar-refractivity contribution in [1.29, 1.82) is 0 Å². The van der Waals surface area contributed by atoms with Gasteiger partial charge in [0.05, 0.1) is 10.9 Å². The van der Waals surface area contributed by atoms with Crippen LogP contribution in [0.15, 0.2) is 89.8 Å². The summed E-state index contributed by atoms with van der Waals surface area (Å²) >= 11 is 5.20. The minimum Gasteiger partial charge on any atom is -0.332 e. The van der Waals surface area contributed by atoms with Crippen molar-refractivity contribution < 1.29 is 13.2 Å². The Kier molecular flexibility index (Phi) is 9.63. The van der Waals surface area contributed by atoms with Crippen molar-refractivity contribution in [3.05, 3.63) is 96.1 Å². The number of carbonyl (C=O) groups excluding carboxylic acids is 1. The average molecular weight is 551 g/mol. The van der Waals surface area contributed by atoms with Gasteiger partial charge in [-0.3, -0.25) is 9.69 Å². The molecule has 200 valence electrons. The van der Waals surface area contributed by atoms with Gasteiger partial charge >= 0.3 is 0 Å². The molecule has 7 nitrogen and oxygen atoms in total. The van der Waals surface area contributed by atoms with E-state index in [0.29, 0.717) is 38.3 Å². The van der Waals surface area contributed by atoms with Gasteiger partial charge in [0.1, 0.15) is 0 Å². The second-order valence-electron chi connectivity index (χ2n) is 9.29. The van der Waals surface area contributed by atoms with E-state index in [1.165, 1.54) is 11.1 Å². The molecule has 0 saturated carbocycles. The number of carbonyl (C=O) groups is 1. The molecule has 3 aromatic carbocycles. The van der Waals surface area contributed by atoms with Crippen LogP contribution in [0.2, 0.25) is 0 Å². The fourth-order valence-corrected chi connectivity index (χ4v) is 6.29. The highest BCUT2D eigenvalue weighted by Gasteiger charge is 2.32. The number of thiocarbonyl (C=S) groups is 1. The van der Waals surface area contributed by atoms with Gasteiger partial charge in [-0.2, -0.15) is 4.31 Å². The molecule has 1 amide bonds. The number of benzene rings is 3. The summed E-state index contributed by atoms with van der Waals surface area (Å²) in [5.74, 6) is -0.135. The molecule has 0 atom stereocenters. The van der Waals surface area contributed by atoms with E-state index in [2.05, 4.69) is 39.8 Å². The number of anilines is 1. The van der Waals surface area contributed by atoms with Gasteiger partial charge in [0.2, 0.25) is 15.9 Å². The number of nitrogens with zero attached hydrogens (tertiary/aromatic N) is 2. The van der Waals surface area contributed by atoms with E-state index >= 15 is 0 Å². The van der Waals surface area contributed by atoms with Crippen LogP contribution in [0, 0.1) is 0 Å². The summed E-state index contributed by atoms with van der Waals surface area (Å²) in [5.41, 5.74) is 3.00. The summed E-state index contributed by atoms with van der Waals surface area (Å²) < 4.78 is 28.3. The third-order valence-electron chi connectivity index (χ3n) is 6.63. The quantitative estimate of drug-likeness (QED) is 0.373. The van der Waals surface area contributed by atoms with Crippen LogP contribution in [0.25, 0.3) is 0 Å². The number of hydrogen-bond donors (Lipinski definition) is 2. The molecule has 0 spiro atoms. The maximum absolute atomic E-state index is 13.4. The molecule has 1 aliphatic heterocycles. The Hall–Kier alpha value is -3.11. The average Bonchev–Trinajstić information content (AvgIpc) is 2.94. The molecule has 4 rings (SSSR count). The standard InChI is InChI=1S/C29H34N4O3S2/c1-2-3-14-27(34)31-29(37)30-25-15-17-26(18-16-25)38(35,36)33-21-19-32(20-22-33)28(23-10-6-4-7-11-23)24-12-8-5-9-13-24/h4-13,15-18,28H,2-3,14,19-22H2,1H3,(H2,30,31,34,37). The number of piperazine rings is 1. The fourth-order valence-electron chi connectivity index (χ4n) is 4.63. The van der Waals surface area contributed by atoms with Gasteiger partial charge in [0.25, 0.3) is 0 Å². The summed E-state index contributed by atoms with van der Waals surface area (Å²) in [6, 6.07) is 27.2. The first-order valence-corrected chi connectivity index (χ1v) is 14.8. The van der Waals surface area contributed by atoms with E-state index in [-0.39, 0.29) is 22.0 Å². The molecule has 0 bridgehead atoms. The van der Waals surface area contributed by atoms with Gasteiger partial charge < -0.3 is 10.6 Å². The third kappa shape index (κ3) is 7.05. The van der Waals surface area contributed by atoms with Crippen LogP contribution in [-0.4, -0.2) is 54.8 Å². The minimum absolute atomic E-state index is 0.0684. The number of amides is 1. The maximum Gasteiger partial charge on any atom is 0.243 e. The number of hydrogen-bond acceptors (Lipinski definition) is 5. The molecule has 0 radical (unpaired) electrons. The largest absolute Gasteiger partial charge is 0.332 e. The molecular weight excluding hydrogens is 516 g/mol. The third-order valence-corrected chi connectivity index (χ3v) is 8.75. The molecule has 0 unspecified atom stereocenters. The molecular formula is C29H34N4O3S2. The molecule has 0 aromatic heterocycles. The highest BCUT2D eigenvalue weighted by Crippen LogP contribution is 2.30. The summed E-state index contributed by atoms with van der Waals surface area (Å²) in [4.78, 5) is 14.4. The van der Waals surface area contributed by atoms with Gasteiger partial charge in [0, 0.05) is 38.3 Å². The van der Waals surface area contributed by atoms with Gasteiger partial charge in [-0.1, -0.05) is 74.0 Å². The monoisotopic (exact) mass is 550 g/mol. The van der Waals surface area contributed by atoms with Crippen molar-refractivity contribution in [2.24, 2.45) is 0 Å². The highest BCUT2D eigenvalue weighted by atomic mass is 32.2. The lowest BCUT2D eigenvalue weighted by Crippen LogP contribution is -2.49. The van der Waals surface area contributed by atoms with Crippen molar-refractivity contribution in [2.75, 3.05) is 31.5 Å². The van der Waals surface area contributed by atoms with E-state index in [1.54, 1.807) is 28.6 Å². The minimum atomic E-state index is -3.64. The van der Waals surface area contributed by atoms with Crippen LogP contribution in [0.4, 0.5) is 5.69 Å². The number of sulfonamides is 1. The lowest BCUT2D eigenvalue weighted by Gasteiger charge is -2.39. The Morgan fingerprint density at radius 1 is 0.868 bits per heavy atom. The van der Waals surface area contributed by atoms with Crippen molar-refractivity contribution >= 4 is 38.9 Å². The van der Waals surface area contributed by atoms with Crippen molar-refractivity contribution in [2.45, 2.75) is 37.1 Å². The van der Waals surface area contributed by atoms with Gasteiger partial charge in [0.15, 0.2) is 5.11 Å². The molecule has 3 aromatic rings. The molecule has 1 heterocycles. The second-order valence-corrected chi connectivity index (χ2v) is 11.6. The van der Waals surface area contributed by atoms with Crippen molar-refractivity contribution in [3.8, 4) is 0 Å². The Bertz CT molecular complexity index is 1270. The first-order chi connectivity index (χ1) is 18.4. The SMILES string of the molecule is CCCCC(=O)NC(=S)Nc1ccc(S(=O)(=O)N2CCN(C(c3ccccc3)c3ccccc3)CC2)cc1. The maximum atomic E-state index is 13.4. The summed E-state index contributed by atoms with van der Waals surface area (Å²) in [6.07, 6.45) is 2.15. The van der Waals surface area contributed by atoms with Crippen LogP contribution in [-0.2, 0) is 14.8 Å². The molecule has 1 fully saturated rings. The zero-order chi connectivity index (χ0) is 27.0. The normalized spacial score (nSPS) is 14.8. The van der Waals surface area contributed by atoms with Gasteiger partial charge in [-0.15, -0.1) is 0 Å². The lowest BCUT2D eigenvalue weighted by molar-refractivity contribution is -0.119. The molecule has 9 heteroatoms.